The Hall–Kier alpha value is -1.94. The molecule has 1 unspecified atom stereocenters. The lowest BCUT2D eigenvalue weighted by Crippen LogP contribution is -2.25. The zero-order valence-electron chi connectivity index (χ0n) is 12.3. The Morgan fingerprint density at radius 1 is 1.10 bits per heavy atom. The van der Waals surface area contributed by atoms with Crippen molar-refractivity contribution in [1.29, 1.82) is 0 Å². The first-order chi connectivity index (χ1) is 9.38. The molecule has 2 aromatic rings. The predicted octanol–water partition coefficient (Wildman–Crippen LogP) is 2.21. The molecule has 4 nitrogen and oxygen atoms in total. The van der Waals surface area contributed by atoms with E-state index in [-0.39, 0.29) is 12.1 Å². The van der Waals surface area contributed by atoms with Crippen LogP contribution in [0.15, 0.2) is 29.2 Å². The first-order valence-corrected chi connectivity index (χ1v) is 6.68. The lowest BCUT2D eigenvalue weighted by atomic mass is 9.95. The number of hydrogen-bond donors (Lipinski definition) is 1. The summed E-state index contributed by atoms with van der Waals surface area (Å²) in [5.41, 5.74) is 4.76. The molecule has 0 aliphatic rings. The largest absolute Gasteiger partial charge is 0.386 e. The van der Waals surface area contributed by atoms with Crippen molar-refractivity contribution in [1.82, 2.24) is 9.78 Å². The van der Waals surface area contributed by atoms with Crippen LogP contribution >= 0.6 is 0 Å². The fraction of sp³-hybridized carbons (Fsp3) is 0.375. The number of nitrogens with zero attached hydrogens (tertiary/aromatic N) is 2. The molecule has 0 fully saturated rings. The first kappa shape index (κ1) is 14.5. The van der Waals surface area contributed by atoms with Gasteiger partial charge in [0.05, 0.1) is 18.8 Å². The molecular formula is C16H20N2O2. The molecule has 106 valence electrons. The monoisotopic (exact) mass is 272 g/mol. The zero-order chi connectivity index (χ0) is 14.9. The van der Waals surface area contributed by atoms with Gasteiger partial charge in [0.1, 0.15) is 0 Å². The van der Waals surface area contributed by atoms with Crippen molar-refractivity contribution in [2.45, 2.75) is 40.3 Å². The molecule has 2 rings (SSSR count). The molecule has 1 N–H and O–H groups in total. The fourth-order valence-corrected chi connectivity index (χ4v) is 2.63. The number of aliphatic hydroxyl groups is 1. The first-order valence-electron chi connectivity index (χ1n) is 6.68. The predicted molar refractivity (Wildman–Crippen MR) is 78.8 cm³/mol. The quantitative estimate of drug-likeness (QED) is 0.932. The van der Waals surface area contributed by atoms with Crippen molar-refractivity contribution in [3.8, 4) is 0 Å². The van der Waals surface area contributed by atoms with Crippen LogP contribution in [0.25, 0.3) is 0 Å². The summed E-state index contributed by atoms with van der Waals surface area (Å²) in [6, 6.07) is 5.60. The molecule has 0 aliphatic heterocycles. The van der Waals surface area contributed by atoms with Crippen LogP contribution in [0.4, 0.5) is 0 Å². The average Bonchev–Trinajstić information content (AvgIpc) is 2.31. The molecule has 0 aliphatic carbocycles. The Morgan fingerprint density at radius 3 is 2.25 bits per heavy atom. The van der Waals surface area contributed by atoms with E-state index >= 15 is 0 Å². The lowest BCUT2D eigenvalue weighted by molar-refractivity contribution is 0.148. The van der Waals surface area contributed by atoms with E-state index in [9.17, 15) is 9.90 Å². The maximum absolute atomic E-state index is 11.8. The summed E-state index contributed by atoms with van der Waals surface area (Å²) in [7, 11) is 0. The van der Waals surface area contributed by atoms with Gasteiger partial charge >= 0.3 is 0 Å². The second-order valence-corrected chi connectivity index (χ2v) is 5.38. The van der Waals surface area contributed by atoms with Crippen LogP contribution in [-0.4, -0.2) is 14.9 Å². The van der Waals surface area contributed by atoms with Crippen LogP contribution in [0, 0.1) is 27.7 Å². The van der Waals surface area contributed by atoms with Crippen LogP contribution in [0.2, 0.25) is 0 Å². The molecule has 0 bridgehead atoms. The Morgan fingerprint density at radius 2 is 1.70 bits per heavy atom. The van der Waals surface area contributed by atoms with Gasteiger partial charge in [0.25, 0.3) is 5.56 Å². The third-order valence-corrected chi connectivity index (χ3v) is 3.42. The molecule has 20 heavy (non-hydrogen) atoms. The summed E-state index contributed by atoms with van der Waals surface area (Å²) in [5, 5.41) is 14.5. The van der Waals surface area contributed by atoms with Crippen molar-refractivity contribution in [2.75, 3.05) is 0 Å². The number of aryl methyl sites for hydroxylation is 4. The van der Waals surface area contributed by atoms with Crippen LogP contribution in [0.1, 0.15) is 33.9 Å². The summed E-state index contributed by atoms with van der Waals surface area (Å²) in [4.78, 5) is 11.8. The summed E-state index contributed by atoms with van der Waals surface area (Å²) >= 11 is 0. The van der Waals surface area contributed by atoms with Crippen molar-refractivity contribution in [2.24, 2.45) is 0 Å². The fourth-order valence-electron chi connectivity index (χ4n) is 2.63. The summed E-state index contributed by atoms with van der Waals surface area (Å²) in [6.07, 6.45) is 0.895. The SMILES string of the molecule is Cc1cc(C)c(C(O)Cn2ncc(C)cc2=O)c(C)c1. The van der Waals surface area contributed by atoms with Gasteiger partial charge in [-0.25, -0.2) is 4.68 Å². The Balaban J connectivity index is 2.33. The highest BCUT2D eigenvalue weighted by molar-refractivity contribution is 5.38. The lowest BCUT2D eigenvalue weighted by Gasteiger charge is -2.18. The number of aromatic nitrogens is 2. The van der Waals surface area contributed by atoms with E-state index in [1.165, 1.54) is 16.3 Å². The standard InChI is InChI=1S/C16H20N2O2/c1-10-5-12(3)16(13(4)6-10)14(19)9-18-15(20)7-11(2)8-17-18/h5-8,14,19H,9H2,1-4H3. The second-order valence-electron chi connectivity index (χ2n) is 5.38. The van der Waals surface area contributed by atoms with E-state index in [1.807, 2.05) is 39.8 Å². The van der Waals surface area contributed by atoms with Crippen LogP contribution < -0.4 is 5.56 Å². The number of rotatable bonds is 3. The van der Waals surface area contributed by atoms with E-state index in [2.05, 4.69) is 5.10 Å². The van der Waals surface area contributed by atoms with Gasteiger partial charge in [0, 0.05) is 6.07 Å². The highest BCUT2D eigenvalue weighted by Crippen LogP contribution is 2.24. The third-order valence-electron chi connectivity index (χ3n) is 3.42. The van der Waals surface area contributed by atoms with Crippen LogP contribution in [0.3, 0.4) is 0 Å². The van der Waals surface area contributed by atoms with Gasteiger partial charge in [-0.1, -0.05) is 17.7 Å². The topological polar surface area (TPSA) is 55.1 Å². The maximum atomic E-state index is 11.8. The molecule has 1 aromatic heterocycles. The molecule has 0 radical (unpaired) electrons. The van der Waals surface area contributed by atoms with E-state index in [1.54, 1.807) is 6.20 Å². The molecule has 0 saturated carbocycles. The van der Waals surface area contributed by atoms with Gasteiger partial charge in [-0.2, -0.15) is 5.10 Å². The van der Waals surface area contributed by atoms with E-state index < -0.39 is 6.10 Å². The van der Waals surface area contributed by atoms with Gasteiger partial charge in [-0.3, -0.25) is 4.79 Å². The average molecular weight is 272 g/mol. The van der Waals surface area contributed by atoms with Crippen LogP contribution in [0.5, 0.6) is 0 Å². The normalized spacial score (nSPS) is 12.4. The summed E-state index contributed by atoms with van der Waals surface area (Å²) in [6.45, 7) is 7.98. The Kier molecular flexibility index (Phi) is 4.04. The molecule has 1 heterocycles. The minimum atomic E-state index is -0.733. The van der Waals surface area contributed by atoms with Gasteiger partial charge in [-0.05, 0) is 49.9 Å². The van der Waals surface area contributed by atoms with Crippen molar-refractivity contribution >= 4 is 0 Å². The molecule has 1 atom stereocenters. The highest BCUT2D eigenvalue weighted by atomic mass is 16.3. The third kappa shape index (κ3) is 2.96. The Bertz CT molecular complexity index is 666. The smallest absolute Gasteiger partial charge is 0.267 e. The highest BCUT2D eigenvalue weighted by Gasteiger charge is 2.15. The van der Waals surface area contributed by atoms with Crippen LogP contribution in [-0.2, 0) is 6.54 Å². The zero-order valence-corrected chi connectivity index (χ0v) is 12.3. The minimum Gasteiger partial charge on any atom is -0.386 e. The van der Waals surface area contributed by atoms with E-state index in [0.29, 0.717) is 0 Å². The van der Waals surface area contributed by atoms with Gasteiger partial charge < -0.3 is 5.11 Å². The van der Waals surface area contributed by atoms with Gasteiger partial charge in [-0.15, -0.1) is 0 Å². The van der Waals surface area contributed by atoms with Crippen molar-refractivity contribution in [3.63, 3.8) is 0 Å². The Labute approximate surface area is 118 Å². The van der Waals surface area contributed by atoms with Crippen molar-refractivity contribution in [3.05, 3.63) is 62.6 Å². The van der Waals surface area contributed by atoms with Crippen molar-refractivity contribution < 1.29 is 5.11 Å². The van der Waals surface area contributed by atoms with Gasteiger partial charge in [0.2, 0.25) is 0 Å². The summed E-state index contributed by atoms with van der Waals surface area (Å²) in [5.74, 6) is 0. The molecule has 0 amide bonds. The van der Waals surface area contributed by atoms with Gasteiger partial charge in [0.15, 0.2) is 0 Å². The number of aliphatic hydroxyl groups excluding tert-OH is 1. The van der Waals surface area contributed by atoms with E-state index in [0.717, 1.165) is 22.3 Å². The van der Waals surface area contributed by atoms with E-state index in [4.69, 9.17) is 0 Å². The second kappa shape index (κ2) is 5.59. The molecule has 4 heteroatoms. The number of hydrogen-bond acceptors (Lipinski definition) is 3. The summed E-state index contributed by atoms with van der Waals surface area (Å²) < 4.78 is 1.30. The molecule has 0 spiro atoms. The maximum Gasteiger partial charge on any atom is 0.267 e. The minimum absolute atomic E-state index is 0.170. The molecule has 1 aromatic carbocycles. The molecular weight excluding hydrogens is 252 g/mol. The number of benzene rings is 1. The molecule has 0 saturated heterocycles.